The van der Waals surface area contributed by atoms with Gasteiger partial charge in [0.2, 0.25) is 0 Å². The quantitative estimate of drug-likeness (QED) is 0.358. The molecular formula is C28H28FN5S. The van der Waals surface area contributed by atoms with Crippen LogP contribution in [0.25, 0.3) is 5.69 Å². The molecular weight excluding hydrogens is 457 g/mol. The Morgan fingerprint density at radius 1 is 0.943 bits per heavy atom. The van der Waals surface area contributed by atoms with Gasteiger partial charge in [0.1, 0.15) is 5.82 Å². The van der Waals surface area contributed by atoms with Crippen LogP contribution < -0.4 is 15.1 Å². The predicted molar refractivity (Wildman–Crippen MR) is 144 cm³/mol. The number of aryl methyl sites for hydroxylation is 1. The van der Waals surface area contributed by atoms with Gasteiger partial charge in [0.25, 0.3) is 0 Å². The Labute approximate surface area is 210 Å². The van der Waals surface area contributed by atoms with Crippen LogP contribution in [0.2, 0.25) is 0 Å². The summed E-state index contributed by atoms with van der Waals surface area (Å²) in [7, 11) is 4.08. The Hall–Kier alpha value is -3.71. The molecule has 0 spiro atoms. The van der Waals surface area contributed by atoms with Gasteiger partial charge in [-0.2, -0.15) is 0 Å². The molecule has 2 aromatic heterocycles. The lowest BCUT2D eigenvalue weighted by Crippen LogP contribution is -2.29. The maximum atomic E-state index is 13.7. The number of hydrogen-bond acceptors (Lipinski definition) is 3. The van der Waals surface area contributed by atoms with E-state index in [4.69, 9.17) is 12.2 Å². The smallest absolute Gasteiger partial charge is 0.174 e. The molecule has 1 fully saturated rings. The maximum Gasteiger partial charge on any atom is 0.174 e. The Bertz CT molecular complexity index is 1350. The number of thiocarbonyl (C=S) groups is 1. The summed E-state index contributed by atoms with van der Waals surface area (Å²) in [6, 6.07) is 22.9. The molecule has 7 heteroatoms. The van der Waals surface area contributed by atoms with Crippen LogP contribution >= 0.6 is 12.2 Å². The van der Waals surface area contributed by atoms with E-state index in [2.05, 4.69) is 68.8 Å². The summed E-state index contributed by atoms with van der Waals surface area (Å²) in [6.07, 6.45) is 1.80. The first-order chi connectivity index (χ1) is 16.8. The molecule has 4 aromatic rings. The van der Waals surface area contributed by atoms with Gasteiger partial charge in [-0.1, -0.05) is 6.07 Å². The van der Waals surface area contributed by atoms with Crippen LogP contribution in [-0.4, -0.2) is 28.8 Å². The molecule has 0 saturated carbocycles. The van der Waals surface area contributed by atoms with E-state index in [0.29, 0.717) is 5.11 Å². The van der Waals surface area contributed by atoms with Crippen molar-refractivity contribution in [3.8, 4) is 5.69 Å². The fourth-order valence-corrected chi connectivity index (χ4v) is 5.28. The molecule has 0 amide bonds. The van der Waals surface area contributed by atoms with Crippen LogP contribution in [0.5, 0.6) is 0 Å². The Balaban J connectivity index is 1.64. The number of pyridine rings is 1. The topological polar surface area (TPSA) is 36.3 Å². The fraction of sp³-hybridized carbons (Fsp3) is 0.214. The number of hydrogen-bond donors (Lipinski definition) is 1. The van der Waals surface area contributed by atoms with Crippen molar-refractivity contribution in [1.29, 1.82) is 0 Å². The summed E-state index contributed by atoms with van der Waals surface area (Å²) < 4.78 is 16.0. The van der Waals surface area contributed by atoms with Crippen molar-refractivity contribution >= 4 is 28.7 Å². The number of nitrogens with zero attached hydrogens (tertiary/aromatic N) is 4. The molecule has 0 unspecified atom stereocenters. The molecule has 0 bridgehead atoms. The molecule has 0 aliphatic carbocycles. The molecule has 2 aromatic carbocycles. The van der Waals surface area contributed by atoms with Crippen LogP contribution in [0.1, 0.15) is 34.7 Å². The predicted octanol–water partition coefficient (Wildman–Crippen LogP) is 5.87. The van der Waals surface area contributed by atoms with E-state index in [1.165, 1.54) is 12.1 Å². The van der Waals surface area contributed by atoms with Gasteiger partial charge in [-0.05, 0) is 98.4 Å². The fourth-order valence-electron chi connectivity index (χ4n) is 4.93. The molecule has 3 heterocycles. The lowest BCUT2D eigenvalue weighted by molar-refractivity contribution is 0.565. The molecule has 1 saturated heterocycles. The first-order valence-corrected chi connectivity index (χ1v) is 12.0. The van der Waals surface area contributed by atoms with Gasteiger partial charge in [-0.15, -0.1) is 0 Å². The van der Waals surface area contributed by atoms with E-state index in [9.17, 15) is 4.39 Å². The van der Waals surface area contributed by atoms with Crippen molar-refractivity contribution in [2.45, 2.75) is 25.9 Å². The second kappa shape index (κ2) is 9.15. The molecule has 1 aliphatic heterocycles. The van der Waals surface area contributed by atoms with Crippen molar-refractivity contribution in [2.75, 3.05) is 23.9 Å². The first kappa shape index (κ1) is 23.1. The lowest BCUT2D eigenvalue weighted by Gasteiger charge is -2.28. The summed E-state index contributed by atoms with van der Waals surface area (Å²) in [4.78, 5) is 8.81. The van der Waals surface area contributed by atoms with Crippen molar-refractivity contribution in [3.05, 3.63) is 107 Å². The van der Waals surface area contributed by atoms with E-state index in [1.807, 2.05) is 32.3 Å². The number of aromatic nitrogens is 2. The zero-order valence-corrected chi connectivity index (χ0v) is 21.1. The second-order valence-corrected chi connectivity index (χ2v) is 9.43. The van der Waals surface area contributed by atoms with E-state index < -0.39 is 0 Å². The number of rotatable bonds is 5. The number of halogens is 1. The highest BCUT2D eigenvalue weighted by Gasteiger charge is 2.42. The van der Waals surface area contributed by atoms with Gasteiger partial charge >= 0.3 is 0 Å². The summed E-state index contributed by atoms with van der Waals surface area (Å²) >= 11 is 5.81. The summed E-state index contributed by atoms with van der Waals surface area (Å²) in [5.74, 6) is -0.274. The third-order valence-electron chi connectivity index (χ3n) is 6.62. The highest BCUT2D eigenvalue weighted by atomic mass is 32.1. The van der Waals surface area contributed by atoms with Crippen LogP contribution in [0.4, 0.5) is 15.8 Å². The highest BCUT2D eigenvalue weighted by molar-refractivity contribution is 7.80. The van der Waals surface area contributed by atoms with Crippen molar-refractivity contribution < 1.29 is 4.39 Å². The maximum absolute atomic E-state index is 13.7. The molecule has 1 aliphatic rings. The van der Waals surface area contributed by atoms with Gasteiger partial charge in [-0.3, -0.25) is 4.98 Å². The van der Waals surface area contributed by atoms with Gasteiger partial charge in [0.05, 0.1) is 17.8 Å². The minimum atomic E-state index is -0.274. The first-order valence-electron chi connectivity index (χ1n) is 11.6. The van der Waals surface area contributed by atoms with Gasteiger partial charge in [0, 0.05) is 48.7 Å². The lowest BCUT2D eigenvalue weighted by atomic mass is 9.96. The van der Waals surface area contributed by atoms with Crippen molar-refractivity contribution in [1.82, 2.24) is 14.9 Å². The standard InChI is InChI=1S/C28H28FN5S/c1-18-17-24(19(2)33(18)22-14-12-21(13-15-22)32(3)4)27-26(25-7-5-6-16-30-25)31-28(35)34(27)23-10-8-20(29)9-11-23/h5-17,26-27H,1-4H3,(H,31,35)/t26-,27-/m1/s1. The monoisotopic (exact) mass is 485 g/mol. The Morgan fingerprint density at radius 3 is 2.26 bits per heavy atom. The molecule has 5 rings (SSSR count). The van der Waals surface area contributed by atoms with Crippen molar-refractivity contribution in [2.24, 2.45) is 0 Å². The van der Waals surface area contributed by atoms with E-state index >= 15 is 0 Å². The molecule has 1 N–H and O–H groups in total. The SMILES string of the molecule is Cc1cc([C@@H]2[C@@H](c3ccccn3)NC(=S)N2c2ccc(F)cc2)c(C)n1-c1ccc(N(C)C)cc1. The van der Waals surface area contributed by atoms with E-state index in [-0.39, 0.29) is 17.9 Å². The largest absolute Gasteiger partial charge is 0.378 e. The third kappa shape index (κ3) is 4.17. The van der Waals surface area contributed by atoms with Crippen LogP contribution in [0, 0.1) is 19.7 Å². The van der Waals surface area contributed by atoms with Gasteiger partial charge in [-0.25, -0.2) is 4.39 Å². The highest BCUT2D eigenvalue weighted by Crippen LogP contribution is 2.43. The average molecular weight is 486 g/mol. The molecule has 2 atom stereocenters. The van der Waals surface area contributed by atoms with Crippen LogP contribution in [-0.2, 0) is 0 Å². The minimum absolute atomic E-state index is 0.149. The van der Waals surface area contributed by atoms with Crippen LogP contribution in [0.15, 0.2) is 79.0 Å². The van der Waals surface area contributed by atoms with E-state index in [1.54, 1.807) is 18.3 Å². The van der Waals surface area contributed by atoms with Crippen LogP contribution in [0.3, 0.4) is 0 Å². The summed E-state index contributed by atoms with van der Waals surface area (Å²) in [6.45, 7) is 4.26. The second-order valence-electron chi connectivity index (χ2n) is 9.05. The Kier molecular flexibility index (Phi) is 6.03. The number of nitrogens with one attached hydrogen (secondary N) is 1. The average Bonchev–Trinajstić information content (AvgIpc) is 3.35. The summed E-state index contributed by atoms with van der Waals surface area (Å²) in [5, 5.41) is 4.08. The zero-order valence-electron chi connectivity index (χ0n) is 20.2. The summed E-state index contributed by atoms with van der Waals surface area (Å²) in [5.41, 5.74) is 7.41. The molecule has 0 radical (unpaired) electrons. The third-order valence-corrected chi connectivity index (χ3v) is 6.93. The Morgan fingerprint density at radius 2 is 1.63 bits per heavy atom. The van der Waals surface area contributed by atoms with E-state index in [0.717, 1.165) is 39.7 Å². The zero-order chi connectivity index (χ0) is 24.7. The molecule has 5 nitrogen and oxygen atoms in total. The number of benzene rings is 2. The minimum Gasteiger partial charge on any atom is -0.378 e. The van der Waals surface area contributed by atoms with Gasteiger partial charge in [0.15, 0.2) is 5.11 Å². The molecule has 178 valence electrons. The van der Waals surface area contributed by atoms with Gasteiger partial charge < -0.3 is 19.7 Å². The normalized spacial score (nSPS) is 17.5. The van der Waals surface area contributed by atoms with Crippen molar-refractivity contribution in [3.63, 3.8) is 0 Å². The molecule has 35 heavy (non-hydrogen) atoms. The number of anilines is 2.